The smallest absolute Gasteiger partial charge is 0.158 e. The molecule has 0 saturated carbocycles. The first-order valence-corrected chi connectivity index (χ1v) is 11.2. The molecule has 0 atom stereocenters. The Bertz CT molecular complexity index is 1480. The van der Waals surface area contributed by atoms with Crippen molar-refractivity contribution in [2.45, 2.75) is 5.41 Å². The van der Waals surface area contributed by atoms with Crippen molar-refractivity contribution >= 4 is 17.2 Å². The standard InChI is InChI=1S/C27H21N7/c1-33-17-34(26-24(33)6-3-10-30-26)19-5-2-4-18(14-19)27(25-9-13-31-32-25)22-7-11-28-15-20(22)21-16-29-12-8-23(21)27/h2-16H,17H2,1H3,(H,31,32). The van der Waals surface area contributed by atoms with Crippen LogP contribution < -0.4 is 9.80 Å². The van der Waals surface area contributed by atoms with E-state index in [9.17, 15) is 0 Å². The molecule has 7 rings (SSSR count). The maximum atomic E-state index is 4.69. The molecule has 34 heavy (non-hydrogen) atoms. The molecule has 0 amide bonds. The van der Waals surface area contributed by atoms with E-state index in [0.717, 1.165) is 46.2 Å². The number of nitrogens with one attached hydrogen (secondary N) is 1. The van der Waals surface area contributed by atoms with Gasteiger partial charge in [0.1, 0.15) is 0 Å². The van der Waals surface area contributed by atoms with Gasteiger partial charge in [0.25, 0.3) is 0 Å². The number of rotatable bonds is 3. The normalized spacial score (nSPS) is 15.2. The quantitative estimate of drug-likeness (QED) is 0.434. The number of aromatic nitrogens is 5. The number of fused-ring (bicyclic) bond motifs is 4. The Morgan fingerprint density at radius 3 is 2.38 bits per heavy atom. The largest absolute Gasteiger partial charge is 0.354 e. The monoisotopic (exact) mass is 443 g/mol. The summed E-state index contributed by atoms with van der Waals surface area (Å²) < 4.78 is 0. The molecule has 1 N–H and O–H groups in total. The molecular weight excluding hydrogens is 422 g/mol. The first-order valence-electron chi connectivity index (χ1n) is 11.2. The minimum Gasteiger partial charge on any atom is -0.354 e. The lowest BCUT2D eigenvalue weighted by molar-refractivity contribution is 0.725. The lowest BCUT2D eigenvalue weighted by Gasteiger charge is -2.32. The molecular formula is C27H21N7. The van der Waals surface area contributed by atoms with Gasteiger partial charge >= 0.3 is 0 Å². The molecule has 164 valence electrons. The molecule has 5 heterocycles. The van der Waals surface area contributed by atoms with Crippen LogP contribution in [0, 0.1) is 0 Å². The molecule has 0 spiro atoms. The molecule has 1 aromatic carbocycles. The lowest BCUT2D eigenvalue weighted by atomic mass is 9.70. The first-order chi connectivity index (χ1) is 16.8. The van der Waals surface area contributed by atoms with Crippen LogP contribution >= 0.6 is 0 Å². The van der Waals surface area contributed by atoms with Gasteiger partial charge in [-0.3, -0.25) is 15.1 Å². The minimum absolute atomic E-state index is 0.554. The van der Waals surface area contributed by atoms with Gasteiger partial charge in [-0.2, -0.15) is 5.10 Å². The van der Waals surface area contributed by atoms with Crippen molar-refractivity contribution in [1.82, 2.24) is 25.1 Å². The van der Waals surface area contributed by atoms with E-state index in [1.54, 1.807) is 0 Å². The number of pyridine rings is 3. The SMILES string of the molecule is CN1CN(c2cccc(C3(c4ccn[nH]4)c4ccncc4-c4cnccc43)c2)c2ncccc21. The van der Waals surface area contributed by atoms with Crippen LogP contribution in [-0.4, -0.2) is 38.9 Å². The maximum Gasteiger partial charge on any atom is 0.158 e. The van der Waals surface area contributed by atoms with Crippen molar-refractivity contribution in [3.8, 4) is 11.1 Å². The van der Waals surface area contributed by atoms with Crippen molar-refractivity contribution in [3.63, 3.8) is 0 Å². The van der Waals surface area contributed by atoms with Gasteiger partial charge in [0.2, 0.25) is 0 Å². The number of hydrogen-bond donors (Lipinski definition) is 1. The van der Waals surface area contributed by atoms with E-state index in [2.05, 4.69) is 90.5 Å². The fourth-order valence-corrected chi connectivity index (χ4v) is 5.60. The summed E-state index contributed by atoms with van der Waals surface area (Å²) in [5, 5.41) is 7.63. The predicted octanol–water partition coefficient (Wildman–Crippen LogP) is 4.50. The lowest BCUT2D eigenvalue weighted by Crippen LogP contribution is -2.30. The summed E-state index contributed by atoms with van der Waals surface area (Å²) in [5.74, 6) is 0.971. The zero-order valence-electron chi connectivity index (χ0n) is 18.6. The molecule has 1 aliphatic heterocycles. The second kappa shape index (κ2) is 6.99. The number of aromatic amines is 1. The Morgan fingerprint density at radius 1 is 0.853 bits per heavy atom. The Labute approximate surface area is 196 Å². The van der Waals surface area contributed by atoms with E-state index in [4.69, 9.17) is 0 Å². The Kier molecular flexibility index (Phi) is 3.90. The van der Waals surface area contributed by atoms with E-state index < -0.39 is 5.41 Å². The van der Waals surface area contributed by atoms with Crippen LogP contribution in [0.25, 0.3) is 11.1 Å². The second-order valence-electron chi connectivity index (χ2n) is 8.73. The van der Waals surface area contributed by atoms with E-state index in [1.807, 2.05) is 43.2 Å². The van der Waals surface area contributed by atoms with Gasteiger partial charge in [0, 0.05) is 61.0 Å². The van der Waals surface area contributed by atoms with Crippen LogP contribution in [0.1, 0.15) is 22.4 Å². The second-order valence-corrected chi connectivity index (χ2v) is 8.73. The van der Waals surface area contributed by atoms with Crippen molar-refractivity contribution in [3.05, 3.63) is 114 Å². The molecule has 7 heteroatoms. The van der Waals surface area contributed by atoms with Crippen LogP contribution in [0.5, 0.6) is 0 Å². The highest BCUT2D eigenvalue weighted by molar-refractivity contribution is 5.85. The van der Waals surface area contributed by atoms with Crippen molar-refractivity contribution < 1.29 is 0 Å². The summed E-state index contributed by atoms with van der Waals surface area (Å²) in [6.07, 6.45) is 11.3. The molecule has 0 fully saturated rings. The summed E-state index contributed by atoms with van der Waals surface area (Å²) in [5.41, 5.74) is 8.37. The molecule has 0 unspecified atom stereocenters. The summed E-state index contributed by atoms with van der Waals surface area (Å²) in [6, 6.07) is 19.1. The number of nitrogens with zero attached hydrogens (tertiary/aromatic N) is 6. The fourth-order valence-electron chi connectivity index (χ4n) is 5.60. The maximum absolute atomic E-state index is 4.69. The van der Waals surface area contributed by atoms with Gasteiger partial charge in [0.15, 0.2) is 5.82 Å². The van der Waals surface area contributed by atoms with Gasteiger partial charge in [-0.25, -0.2) is 4.98 Å². The molecule has 4 aromatic heterocycles. The minimum atomic E-state index is -0.554. The number of hydrogen-bond acceptors (Lipinski definition) is 6. The molecule has 1 aliphatic carbocycles. The van der Waals surface area contributed by atoms with Crippen molar-refractivity contribution in [2.24, 2.45) is 0 Å². The highest BCUT2D eigenvalue weighted by Crippen LogP contribution is 2.55. The predicted molar refractivity (Wildman–Crippen MR) is 131 cm³/mol. The molecule has 0 bridgehead atoms. The molecule has 0 radical (unpaired) electrons. The highest BCUT2D eigenvalue weighted by atomic mass is 15.4. The van der Waals surface area contributed by atoms with Crippen molar-refractivity contribution in [1.29, 1.82) is 0 Å². The fraction of sp³-hybridized carbons (Fsp3) is 0.111. The Morgan fingerprint density at radius 2 is 1.65 bits per heavy atom. The van der Waals surface area contributed by atoms with E-state index in [0.29, 0.717) is 0 Å². The van der Waals surface area contributed by atoms with E-state index in [1.165, 1.54) is 11.1 Å². The van der Waals surface area contributed by atoms with Crippen LogP contribution in [0.4, 0.5) is 17.2 Å². The Balaban J connectivity index is 1.50. The number of H-pyrrole nitrogens is 1. The third-order valence-corrected chi connectivity index (χ3v) is 7.02. The summed E-state index contributed by atoms with van der Waals surface area (Å²) >= 11 is 0. The third kappa shape index (κ3) is 2.41. The third-order valence-electron chi connectivity index (χ3n) is 7.02. The van der Waals surface area contributed by atoms with E-state index in [-0.39, 0.29) is 0 Å². The summed E-state index contributed by atoms with van der Waals surface area (Å²) in [7, 11) is 2.10. The van der Waals surface area contributed by atoms with E-state index >= 15 is 0 Å². The zero-order chi connectivity index (χ0) is 22.7. The topological polar surface area (TPSA) is 73.8 Å². The summed E-state index contributed by atoms with van der Waals surface area (Å²) in [6.45, 7) is 0.744. The molecule has 7 nitrogen and oxygen atoms in total. The Hall–Kier alpha value is -4.52. The average molecular weight is 444 g/mol. The summed E-state index contributed by atoms with van der Waals surface area (Å²) in [4.78, 5) is 18.0. The average Bonchev–Trinajstić information content (AvgIpc) is 3.61. The molecule has 0 saturated heterocycles. The van der Waals surface area contributed by atoms with Crippen LogP contribution in [-0.2, 0) is 5.41 Å². The van der Waals surface area contributed by atoms with Gasteiger partial charge in [-0.1, -0.05) is 12.1 Å². The van der Waals surface area contributed by atoms with Gasteiger partial charge in [-0.05, 0) is 59.2 Å². The molecule has 5 aromatic rings. The highest BCUT2D eigenvalue weighted by Gasteiger charge is 2.47. The number of anilines is 3. The van der Waals surface area contributed by atoms with Crippen molar-refractivity contribution in [2.75, 3.05) is 23.5 Å². The van der Waals surface area contributed by atoms with Gasteiger partial charge < -0.3 is 9.80 Å². The van der Waals surface area contributed by atoms with Crippen LogP contribution in [0.15, 0.2) is 91.8 Å². The zero-order valence-corrected chi connectivity index (χ0v) is 18.6. The van der Waals surface area contributed by atoms with Crippen LogP contribution in [0.2, 0.25) is 0 Å². The van der Waals surface area contributed by atoms with Gasteiger partial charge in [-0.15, -0.1) is 0 Å². The number of benzene rings is 1. The molecule has 2 aliphatic rings. The first kappa shape index (κ1) is 19.0. The van der Waals surface area contributed by atoms with Crippen LogP contribution in [0.3, 0.4) is 0 Å². The van der Waals surface area contributed by atoms with Gasteiger partial charge in [0.05, 0.1) is 23.5 Å².